The molecule has 0 bridgehead atoms. The number of hydrogen-bond donors (Lipinski definition) is 2. The number of rotatable bonds is 8. The Morgan fingerprint density at radius 3 is 2.64 bits per heavy atom. The number of benzene rings is 1. The van der Waals surface area contributed by atoms with E-state index < -0.39 is 0 Å². The number of likely N-dealkylation sites (tertiary alicyclic amines) is 1. The van der Waals surface area contributed by atoms with E-state index in [1.807, 2.05) is 19.1 Å². The van der Waals surface area contributed by atoms with Crippen molar-refractivity contribution in [3.8, 4) is 0 Å². The van der Waals surface area contributed by atoms with Crippen LogP contribution in [-0.2, 0) is 13.0 Å². The first kappa shape index (κ1) is 20.2. The van der Waals surface area contributed by atoms with Gasteiger partial charge in [-0.25, -0.2) is 4.99 Å². The first-order valence-corrected chi connectivity index (χ1v) is 10.2. The minimum atomic E-state index is 0.451. The lowest BCUT2D eigenvalue weighted by Gasteiger charge is -2.33. The number of guanidine groups is 1. The van der Waals surface area contributed by atoms with E-state index in [0.29, 0.717) is 12.6 Å². The Morgan fingerprint density at radius 1 is 1.18 bits per heavy atom. The van der Waals surface area contributed by atoms with Gasteiger partial charge in [0.05, 0.1) is 12.8 Å². The Balaban J connectivity index is 1.45. The Morgan fingerprint density at radius 2 is 1.96 bits per heavy atom. The van der Waals surface area contributed by atoms with Crippen LogP contribution in [0.5, 0.6) is 0 Å². The summed E-state index contributed by atoms with van der Waals surface area (Å²) >= 11 is 0. The average Bonchev–Trinajstić information content (AvgIpc) is 3.22. The van der Waals surface area contributed by atoms with E-state index in [4.69, 9.17) is 4.42 Å². The lowest BCUT2D eigenvalue weighted by atomic mass is 10.0. The summed E-state index contributed by atoms with van der Waals surface area (Å²) in [6, 6.07) is 15.1. The van der Waals surface area contributed by atoms with E-state index in [1.165, 1.54) is 5.56 Å². The highest BCUT2D eigenvalue weighted by molar-refractivity contribution is 5.80. The van der Waals surface area contributed by atoms with Gasteiger partial charge in [0, 0.05) is 38.6 Å². The van der Waals surface area contributed by atoms with Crippen LogP contribution in [0.1, 0.15) is 31.1 Å². The third-order valence-electron chi connectivity index (χ3n) is 4.93. The van der Waals surface area contributed by atoms with Gasteiger partial charge in [-0.15, -0.1) is 0 Å². The summed E-state index contributed by atoms with van der Waals surface area (Å²) in [7, 11) is 0. The van der Waals surface area contributed by atoms with Crippen LogP contribution in [0.25, 0.3) is 0 Å². The molecule has 5 heteroatoms. The zero-order valence-electron chi connectivity index (χ0n) is 16.9. The molecule has 1 aromatic carbocycles. The van der Waals surface area contributed by atoms with Crippen molar-refractivity contribution in [1.82, 2.24) is 15.5 Å². The summed E-state index contributed by atoms with van der Waals surface area (Å²) < 4.78 is 5.40. The average molecular weight is 381 g/mol. The van der Waals surface area contributed by atoms with Crippen molar-refractivity contribution in [2.75, 3.05) is 26.2 Å². The standard InChI is InChI=1S/C23H32N4O/c1-19(2)17-25-23(24-13-10-22-9-6-16-28-22)26-21-11-14-27(15-12-21)18-20-7-4-3-5-8-20/h3-9,16,21H,1,10-15,17-18H2,2H3,(H2,24,25,26). The Bertz CT molecular complexity index is 731. The molecule has 0 saturated carbocycles. The quantitative estimate of drug-likeness (QED) is 0.417. The van der Waals surface area contributed by atoms with Crippen LogP contribution in [0, 0.1) is 0 Å². The van der Waals surface area contributed by atoms with Crippen LogP contribution in [0.3, 0.4) is 0 Å². The maximum absolute atomic E-state index is 5.40. The van der Waals surface area contributed by atoms with Crippen LogP contribution in [0.2, 0.25) is 0 Å². The Hall–Kier alpha value is -2.53. The highest BCUT2D eigenvalue weighted by Crippen LogP contribution is 2.14. The molecule has 28 heavy (non-hydrogen) atoms. The van der Waals surface area contributed by atoms with Gasteiger partial charge in [0.15, 0.2) is 5.96 Å². The molecule has 0 spiro atoms. The topological polar surface area (TPSA) is 52.8 Å². The van der Waals surface area contributed by atoms with E-state index in [-0.39, 0.29) is 0 Å². The molecule has 2 N–H and O–H groups in total. The van der Waals surface area contributed by atoms with E-state index in [2.05, 4.69) is 57.4 Å². The van der Waals surface area contributed by atoms with Gasteiger partial charge < -0.3 is 15.1 Å². The van der Waals surface area contributed by atoms with E-state index in [9.17, 15) is 0 Å². The molecule has 3 rings (SSSR count). The molecule has 1 saturated heterocycles. The fraction of sp³-hybridized carbons (Fsp3) is 0.435. The smallest absolute Gasteiger partial charge is 0.191 e. The fourth-order valence-electron chi connectivity index (χ4n) is 3.40. The molecule has 5 nitrogen and oxygen atoms in total. The predicted molar refractivity (Wildman–Crippen MR) is 115 cm³/mol. The van der Waals surface area contributed by atoms with Gasteiger partial charge in [0.25, 0.3) is 0 Å². The predicted octanol–water partition coefficient (Wildman–Crippen LogP) is 3.60. The van der Waals surface area contributed by atoms with Gasteiger partial charge in [-0.1, -0.05) is 42.5 Å². The molecule has 150 valence electrons. The van der Waals surface area contributed by atoms with Crippen molar-refractivity contribution < 1.29 is 4.42 Å². The molecule has 1 aliphatic heterocycles. The second-order valence-electron chi connectivity index (χ2n) is 7.56. The maximum Gasteiger partial charge on any atom is 0.191 e. The molecule has 1 aromatic heterocycles. The van der Waals surface area contributed by atoms with Crippen molar-refractivity contribution >= 4 is 5.96 Å². The van der Waals surface area contributed by atoms with Gasteiger partial charge >= 0.3 is 0 Å². The molecule has 1 fully saturated rings. The second kappa shape index (κ2) is 10.7. The molecule has 0 radical (unpaired) electrons. The molecule has 2 aromatic rings. The highest BCUT2D eigenvalue weighted by atomic mass is 16.3. The SMILES string of the molecule is C=C(C)CN=C(NCCc1ccco1)NC1CCN(Cc2ccccc2)CC1. The first-order chi connectivity index (χ1) is 13.7. The molecule has 1 aliphatic rings. The number of nitrogens with one attached hydrogen (secondary N) is 2. The van der Waals surface area contributed by atoms with Gasteiger partial charge in [0.1, 0.15) is 5.76 Å². The van der Waals surface area contributed by atoms with Crippen molar-refractivity contribution in [2.24, 2.45) is 4.99 Å². The summed E-state index contributed by atoms with van der Waals surface area (Å²) in [6.07, 6.45) is 4.81. The van der Waals surface area contributed by atoms with Crippen LogP contribution < -0.4 is 10.6 Å². The monoisotopic (exact) mass is 380 g/mol. The molecule has 0 amide bonds. The third-order valence-corrected chi connectivity index (χ3v) is 4.93. The number of hydrogen-bond acceptors (Lipinski definition) is 3. The zero-order chi connectivity index (χ0) is 19.6. The van der Waals surface area contributed by atoms with Crippen LogP contribution in [-0.4, -0.2) is 43.1 Å². The second-order valence-corrected chi connectivity index (χ2v) is 7.56. The molecular formula is C23H32N4O. The van der Waals surface area contributed by atoms with Crippen LogP contribution in [0.4, 0.5) is 0 Å². The highest BCUT2D eigenvalue weighted by Gasteiger charge is 2.20. The summed E-state index contributed by atoms with van der Waals surface area (Å²) in [5.74, 6) is 1.86. The van der Waals surface area contributed by atoms with Gasteiger partial charge in [-0.3, -0.25) is 4.90 Å². The fourth-order valence-corrected chi connectivity index (χ4v) is 3.40. The zero-order valence-corrected chi connectivity index (χ0v) is 16.9. The van der Waals surface area contributed by atoms with Crippen LogP contribution in [0.15, 0.2) is 70.3 Å². The number of piperidine rings is 1. The summed E-state index contributed by atoms with van der Waals surface area (Å²) in [5, 5.41) is 7.05. The summed E-state index contributed by atoms with van der Waals surface area (Å²) in [6.45, 7) is 10.6. The lowest BCUT2D eigenvalue weighted by molar-refractivity contribution is 0.198. The molecule has 0 unspecified atom stereocenters. The van der Waals surface area contributed by atoms with Gasteiger partial charge in [-0.2, -0.15) is 0 Å². The molecule has 0 atom stereocenters. The maximum atomic E-state index is 5.40. The number of furan rings is 1. The molecular weight excluding hydrogens is 348 g/mol. The third kappa shape index (κ3) is 6.89. The minimum Gasteiger partial charge on any atom is -0.469 e. The molecule has 2 heterocycles. The normalized spacial score (nSPS) is 16.1. The number of aliphatic imine (C=N–C) groups is 1. The van der Waals surface area contributed by atoms with Crippen molar-refractivity contribution in [3.63, 3.8) is 0 Å². The van der Waals surface area contributed by atoms with Crippen molar-refractivity contribution in [3.05, 3.63) is 72.2 Å². The molecule has 0 aliphatic carbocycles. The minimum absolute atomic E-state index is 0.451. The van der Waals surface area contributed by atoms with E-state index in [1.54, 1.807) is 6.26 Å². The first-order valence-electron chi connectivity index (χ1n) is 10.2. The van der Waals surface area contributed by atoms with E-state index in [0.717, 1.165) is 62.7 Å². The summed E-state index contributed by atoms with van der Waals surface area (Å²) in [5.41, 5.74) is 2.45. The van der Waals surface area contributed by atoms with Crippen LogP contribution >= 0.6 is 0 Å². The van der Waals surface area contributed by atoms with Gasteiger partial charge in [-0.05, 0) is 37.5 Å². The van der Waals surface area contributed by atoms with Crippen molar-refractivity contribution in [1.29, 1.82) is 0 Å². The number of nitrogens with zero attached hydrogens (tertiary/aromatic N) is 2. The Kier molecular flexibility index (Phi) is 7.73. The lowest BCUT2D eigenvalue weighted by Crippen LogP contribution is -2.49. The van der Waals surface area contributed by atoms with Gasteiger partial charge in [0.2, 0.25) is 0 Å². The van der Waals surface area contributed by atoms with Crippen molar-refractivity contribution in [2.45, 2.75) is 38.8 Å². The van der Waals surface area contributed by atoms with E-state index >= 15 is 0 Å². The largest absolute Gasteiger partial charge is 0.469 e. The Labute approximate surface area is 168 Å². The summed E-state index contributed by atoms with van der Waals surface area (Å²) in [4.78, 5) is 7.20.